The third-order valence-corrected chi connectivity index (χ3v) is 2.55. The molecule has 0 aromatic rings. The molecule has 0 aliphatic heterocycles. The monoisotopic (exact) mass is 212 g/mol. The third-order valence-electron chi connectivity index (χ3n) is 2.55. The lowest BCUT2D eigenvalue weighted by Crippen LogP contribution is -2.02. The molecule has 0 spiro atoms. The van der Waals surface area contributed by atoms with Crippen LogP contribution in [0.3, 0.4) is 0 Å². The van der Waals surface area contributed by atoms with Crippen LogP contribution >= 0.6 is 0 Å². The Morgan fingerprint density at radius 3 is 2.62 bits per heavy atom. The predicted molar refractivity (Wildman–Crippen MR) is 64.1 cm³/mol. The molecule has 0 atom stereocenters. The van der Waals surface area contributed by atoms with Crippen LogP contribution in [-0.4, -0.2) is 13.1 Å². The summed E-state index contributed by atoms with van der Waals surface area (Å²) in [5, 5.41) is 0. The van der Waals surface area contributed by atoms with Crippen molar-refractivity contribution in [1.82, 2.24) is 0 Å². The Balaban J connectivity index is 2.50. The SMILES string of the molecule is C=C(C(=O)OC)c1ccc2cccccc1-2. The molecule has 0 N–H and O–H groups in total. The van der Waals surface area contributed by atoms with Crippen LogP contribution in [0.4, 0.5) is 0 Å². The molecule has 0 bridgehead atoms. The topological polar surface area (TPSA) is 26.3 Å². The molecular formula is C14H12O2. The molecule has 16 heavy (non-hydrogen) atoms. The lowest BCUT2D eigenvalue weighted by Gasteiger charge is -2.03. The highest BCUT2D eigenvalue weighted by atomic mass is 16.5. The Labute approximate surface area is 94.5 Å². The maximum absolute atomic E-state index is 11.4. The van der Waals surface area contributed by atoms with E-state index in [2.05, 4.69) is 11.3 Å². The van der Waals surface area contributed by atoms with Crippen molar-refractivity contribution in [3.8, 4) is 11.1 Å². The van der Waals surface area contributed by atoms with Gasteiger partial charge in [0.2, 0.25) is 0 Å². The van der Waals surface area contributed by atoms with Crippen molar-refractivity contribution in [2.24, 2.45) is 0 Å². The van der Waals surface area contributed by atoms with Crippen molar-refractivity contribution in [3.05, 3.63) is 54.6 Å². The number of methoxy groups -OCH3 is 1. The Kier molecular flexibility index (Phi) is 2.73. The van der Waals surface area contributed by atoms with Gasteiger partial charge in [-0.2, -0.15) is 0 Å². The number of fused-ring (bicyclic) bond motifs is 1. The standard InChI is InChI=1S/C14H12O2/c1-10(14(15)16-2)12-9-8-11-6-4-3-5-7-13(11)12/h3-9H,1H2,2H3. The van der Waals surface area contributed by atoms with Gasteiger partial charge in [-0.15, -0.1) is 0 Å². The van der Waals surface area contributed by atoms with Crippen molar-refractivity contribution in [2.75, 3.05) is 7.11 Å². The van der Waals surface area contributed by atoms with Crippen LogP contribution in [0.25, 0.3) is 16.7 Å². The molecule has 0 amide bonds. The molecule has 2 aliphatic carbocycles. The van der Waals surface area contributed by atoms with Crippen LogP contribution in [0.1, 0.15) is 5.56 Å². The molecule has 0 aromatic heterocycles. The van der Waals surface area contributed by atoms with Gasteiger partial charge in [-0.3, -0.25) is 0 Å². The van der Waals surface area contributed by atoms with Crippen LogP contribution in [0.15, 0.2) is 49.0 Å². The minimum atomic E-state index is -0.390. The Morgan fingerprint density at radius 1 is 1.12 bits per heavy atom. The highest BCUT2D eigenvalue weighted by Gasteiger charge is 2.15. The van der Waals surface area contributed by atoms with Crippen LogP contribution in [0, 0.1) is 0 Å². The molecular weight excluding hydrogens is 200 g/mol. The molecule has 0 saturated carbocycles. The molecule has 80 valence electrons. The van der Waals surface area contributed by atoms with Crippen molar-refractivity contribution in [2.45, 2.75) is 0 Å². The van der Waals surface area contributed by atoms with Gasteiger partial charge in [-0.25, -0.2) is 4.79 Å². The van der Waals surface area contributed by atoms with E-state index < -0.39 is 0 Å². The fourth-order valence-corrected chi connectivity index (χ4v) is 1.71. The number of esters is 1. The molecule has 2 rings (SSSR count). The molecule has 0 aromatic carbocycles. The summed E-state index contributed by atoms with van der Waals surface area (Å²) in [5.41, 5.74) is 3.33. The van der Waals surface area contributed by atoms with Crippen molar-refractivity contribution >= 4 is 11.5 Å². The minimum Gasteiger partial charge on any atom is -0.465 e. The second kappa shape index (κ2) is 4.19. The van der Waals surface area contributed by atoms with E-state index >= 15 is 0 Å². The minimum absolute atomic E-state index is 0.390. The van der Waals surface area contributed by atoms with Gasteiger partial charge in [-0.1, -0.05) is 49.0 Å². The van der Waals surface area contributed by atoms with E-state index in [1.807, 2.05) is 42.5 Å². The lowest BCUT2D eigenvalue weighted by atomic mass is 10.0. The summed E-state index contributed by atoms with van der Waals surface area (Å²) < 4.78 is 4.67. The zero-order valence-electron chi connectivity index (χ0n) is 9.07. The zero-order chi connectivity index (χ0) is 11.5. The molecule has 0 saturated heterocycles. The molecule has 2 nitrogen and oxygen atoms in total. The Bertz CT molecular complexity index is 514. The largest absolute Gasteiger partial charge is 0.465 e. The molecule has 2 aliphatic rings. The van der Waals surface area contributed by atoms with Gasteiger partial charge in [0.25, 0.3) is 0 Å². The van der Waals surface area contributed by atoms with Gasteiger partial charge in [-0.05, 0) is 16.7 Å². The highest BCUT2D eigenvalue weighted by molar-refractivity contribution is 6.17. The van der Waals surface area contributed by atoms with Gasteiger partial charge in [0.1, 0.15) is 0 Å². The number of carbonyl (C=O) groups excluding carboxylic acids is 1. The summed E-state index contributed by atoms with van der Waals surface area (Å²) in [7, 11) is 1.36. The van der Waals surface area contributed by atoms with Crippen molar-refractivity contribution < 1.29 is 9.53 Å². The first-order chi connectivity index (χ1) is 7.74. The fraction of sp³-hybridized carbons (Fsp3) is 0.0714. The first kappa shape index (κ1) is 10.4. The van der Waals surface area contributed by atoms with Gasteiger partial charge in [0.05, 0.1) is 12.7 Å². The van der Waals surface area contributed by atoms with E-state index in [9.17, 15) is 4.79 Å². The third kappa shape index (κ3) is 1.70. The summed E-state index contributed by atoms with van der Waals surface area (Å²) in [4.78, 5) is 11.4. The van der Waals surface area contributed by atoms with E-state index in [-0.39, 0.29) is 5.97 Å². The maximum atomic E-state index is 11.4. The van der Waals surface area contributed by atoms with Gasteiger partial charge in [0.15, 0.2) is 0 Å². The first-order valence-electron chi connectivity index (χ1n) is 4.99. The van der Waals surface area contributed by atoms with Crippen LogP contribution < -0.4 is 0 Å². The van der Waals surface area contributed by atoms with E-state index in [1.54, 1.807) is 0 Å². The summed E-state index contributed by atoms with van der Waals surface area (Å²) in [6.07, 6.45) is 0. The molecule has 0 fully saturated rings. The van der Waals surface area contributed by atoms with E-state index in [4.69, 9.17) is 0 Å². The number of hydrogen-bond acceptors (Lipinski definition) is 2. The number of ether oxygens (including phenoxy) is 1. The number of carbonyl (C=O) groups is 1. The molecule has 0 radical (unpaired) electrons. The average Bonchev–Trinajstić information content (AvgIpc) is 2.56. The number of hydrogen-bond donors (Lipinski definition) is 0. The average molecular weight is 212 g/mol. The quantitative estimate of drug-likeness (QED) is 0.565. The normalized spacial score (nSPS) is 10.1. The van der Waals surface area contributed by atoms with Crippen LogP contribution in [0.5, 0.6) is 0 Å². The summed E-state index contributed by atoms with van der Waals surface area (Å²) in [6.45, 7) is 3.76. The van der Waals surface area contributed by atoms with Crippen molar-refractivity contribution in [1.29, 1.82) is 0 Å². The summed E-state index contributed by atoms with van der Waals surface area (Å²) in [5.74, 6) is -0.390. The van der Waals surface area contributed by atoms with E-state index in [0.29, 0.717) is 5.57 Å². The predicted octanol–water partition coefficient (Wildman–Crippen LogP) is 2.98. The van der Waals surface area contributed by atoms with E-state index in [0.717, 1.165) is 16.7 Å². The van der Waals surface area contributed by atoms with E-state index in [1.165, 1.54) is 7.11 Å². The van der Waals surface area contributed by atoms with Gasteiger partial charge < -0.3 is 4.74 Å². The van der Waals surface area contributed by atoms with Gasteiger partial charge in [0, 0.05) is 0 Å². The first-order valence-corrected chi connectivity index (χ1v) is 4.99. The maximum Gasteiger partial charge on any atom is 0.337 e. The highest BCUT2D eigenvalue weighted by Crippen LogP contribution is 2.31. The fourth-order valence-electron chi connectivity index (χ4n) is 1.71. The molecule has 2 heteroatoms. The van der Waals surface area contributed by atoms with Crippen molar-refractivity contribution in [3.63, 3.8) is 0 Å². The van der Waals surface area contributed by atoms with Crippen LogP contribution in [0.2, 0.25) is 0 Å². The zero-order valence-corrected chi connectivity index (χ0v) is 9.07. The molecule has 0 unspecified atom stereocenters. The molecule has 0 heterocycles. The smallest absolute Gasteiger partial charge is 0.337 e. The second-order valence-corrected chi connectivity index (χ2v) is 3.50. The summed E-state index contributed by atoms with van der Waals surface area (Å²) >= 11 is 0. The lowest BCUT2D eigenvalue weighted by molar-refractivity contribution is -0.133. The second-order valence-electron chi connectivity index (χ2n) is 3.50. The Morgan fingerprint density at radius 2 is 1.88 bits per heavy atom. The van der Waals surface area contributed by atoms with Crippen LogP contribution in [-0.2, 0) is 9.53 Å². The Hall–Kier alpha value is -2.09. The summed E-state index contributed by atoms with van der Waals surface area (Å²) in [6, 6.07) is 13.7. The van der Waals surface area contributed by atoms with Gasteiger partial charge >= 0.3 is 5.97 Å². The number of rotatable bonds is 2.